The summed E-state index contributed by atoms with van der Waals surface area (Å²) in [5.41, 5.74) is 0.779. The van der Waals surface area contributed by atoms with E-state index in [0.29, 0.717) is 0 Å². The van der Waals surface area contributed by atoms with Gasteiger partial charge in [-0.2, -0.15) is 0 Å². The van der Waals surface area contributed by atoms with Crippen LogP contribution in [0, 0.1) is 0 Å². The van der Waals surface area contributed by atoms with Gasteiger partial charge in [-0.15, -0.1) is 0 Å². The molecular formula is C10H12BrClO2S. The second kappa shape index (κ2) is 5.32. The maximum atomic E-state index is 11.3. The van der Waals surface area contributed by atoms with Gasteiger partial charge in [0.25, 0.3) is 9.05 Å². The summed E-state index contributed by atoms with van der Waals surface area (Å²) in [5.74, 6) is 0. The largest absolute Gasteiger partial charge is 0.261 e. The summed E-state index contributed by atoms with van der Waals surface area (Å²) in [6.07, 6.45) is 2.71. The van der Waals surface area contributed by atoms with Crippen LogP contribution in [0.2, 0.25) is 0 Å². The molecule has 1 rings (SSSR count). The zero-order valence-electron chi connectivity index (χ0n) is 8.33. The maximum absolute atomic E-state index is 11.3. The Morgan fingerprint density at radius 3 is 2.60 bits per heavy atom. The Bertz CT molecular complexity index is 443. The molecule has 1 aromatic carbocycles. The fourth-order valence-corrected chi connectivity index (χ4v) is 2.91. The van der Waals surface area contributed by atoms with Gasteiger partial charge in [0.05, 0.1) is 4.90 Å². The third kappa shape index (κ3) is 3.78. The Kier molecular flexibility index (Phi) is 4.62. The summed E-state index contributed by atoms with van der Waals surface area (Å²) in [6.45, 7) is 2.06. The molecule has 0 aliphatic rings. The molecule has 0 amide bonds. The van der Waals surface area contributed by atoms with Crippen LogP contribution in [0.3, 0.4) is 0 Å². The molecule has 15 heavy (non-hydrogen) atoms. The lowest BCUT2D eigenvalue weighted by atomic mass is 10.1. The first-order valence-electron chi connectivity index (χ1n) is 4.68. The van der Waals surface area contributed by atoms with Crippen LogP contribution in [0.1, 0.15) is 25.3 Å². The number of halogens is 2. The Morgan fingerprint density at radius 2 is 2.07 bits per heavy atom. The van der Waals surface area contributed by atoms with Crippen molar-refractivity contribution in [1.29, 1.82) is 0 Å². The molecule has 0 atom stereocenters. The third-order valence-corrected chi connectivity index (χ3v) is 4.00. The minimum Gasteiger partial charge on any atom is -0.207 e. The maximum Gasteiger partial charge on any atom is 0.261 e. The van der Waals surface area contributed by atoms with Crippen molar-refractivity contribution in [3.63, 3.8) is 0 Å². The van der Waals surface area contributed by atoms with Crippen LogP contribution < -0.4 is 0 Å². The van der Waals surface area contributed by atoms with Crippen molar-refractivity contribution in [3.05, 3.63) is 28.2 Å². The van der Waals surface area contributed by atoms with Gasteiger partial charge in [0, 0.05) is 15.2 Å². The van der Waals surface area contributed by atoms with Crippen molar-refractivity contribution in [3.8, 4) is 0 Å². The van der Waals surface area contributed by atoms with Crippen LogP contribution in [-0.4, -0.2) is 8.42 Å². The predicted octanol–water partition coefficient (Wildman–Crippen LogP) is 3.72. The van der Waals surface area contributed by atoms with Crippen molar-refractivity contribution in [1.82, 2.24) is 0 Å². The fraction of sp³-hybridized carbons (Fsp3) is 0.400. The van der Waals surface area contributed by atoms with Gasteiger partial charge in [-0.05, 0) is 36.6 Å². The highest BCUT2D eigenvalue weighted by Gasteiger charge is 2.15. The van der Waals surface area contributed by atoms with Crippen molar-refractivity contribution < 1.29 is 8.42 Å². The van der Waals surface area contributed by atoms with E-state index >= 15 is 0 Å². The van der Waals surface area contributed by atoms with E-state index in [1.54, 1.807) is 6.07 Å². The lowest BCUT2D eigenvalue weighted by Gasteiger charge is -2.06. The number of hydrogen-bond acceptors (Lipinski definition) is 2. The average Bonchev–Trinajstić information content (AvgIpc) is 2.12. The molecule has 2 nitrogen and oxygen atoms in total. The van der Waals surface area contributed by atoms with E-state index in [9.17, 15) is 8.42 Å². The van der Waals surface area contributed by atoms with Gasteiger partial charge >= 0.3 is 0 Å². The summed E-state index contributed by atoms with van der Waals surface area (Å²) in [7, 11) is 1.72. The number of benzene rings is 1. The van der Waals surface area contributed by atoms with Crippen LogP contribution in [0.5, 0.6) is 0 Å². The van der Waals surface area contributed by atoms with Crippen molar-refractivity contribution in [2.45, 2.75) is 31.1 Å². The molecule has 0 N–H and O–H groups in total. The van der Waals surface area contributed by atoms with Crippen molar-refractivity contribution in [2.24, 2.45) is 0 Å². The van der Waals surface area contributed by atoms with Gasteiger partial charge in [-0.25, -0.2) is 8.42 Å². The molecule has 0 bridgehead atoms. The van der Waals surface area contributed by atoms with E-state index < -0.39 is 9.05 Å². The quantitative estimate of drug-likeness (QED) is 0.794. The molecule has 0 spiro atoms. The Hall–Kier alpha value is -0.0600. The first-order chi connectivity index (χ1) is 6.95. The molecule has 0 radical (unpaired) electrons. The van der Waals surface area contributed by atoms with Crippen molar-refractivity contribution in [2.75, 3.05) is 0 Å². The molecular weight excluding hydrogens is 300 g/mol. The molecule has 0 unspecified atom stereocenters. The number of unbranched alkanes of at least 4 members (excludes halogenated alkanes) is 1. The summed E-state index contributed by atoms with van der Waals surface area (Å²) < 4.78 is 23.4. The van der Waals surface area contributed by atoms with Crippen molar-refractivity contribution >= 4 is 35.7 Å². The van der Waals surface area contributed by atoms with E-state index in [0.717, 1.165) is 29.3 Å². The molecule has 0 aromatic heterocycles. The zero-order valence-corrected chi connectivity index (χ0v) is 11.5. The molecule has 0 saturated carbocycles. The van der Waals surface area contributed by atoms with Gasteiger partial charge in [0.2, 0.25) is 0 Å². The molecule has 84 valence electrons. The Morgan fingerprint density at radius 1 is 1.40 bits per heavy atom. The monoisotopic (exact) mass is 310 g/mol. The predicted molar refractivity (Wildman–Crippen MR) is 65.8 cm³/mol. The van der Waals surface area contributed by atoms with Crippen LogP contribution >= 0.6 is 26.6 Å². The standard InChI is InChI=1S/C10H12BrClO2S/c1-2-3-4-8-7-9(11)5-6-10(8)15(12,13)14/h5-7H,2-4H2,1H3. The smallest absolute Gasteiger partial charge is 0.207 e. The van der Waals surface area contributed by atoms with E-state index in [4.69, 9.17) is 10.7 Å². The Labute approximate surface area is 103 Å². The van der Waals surface area contributed by atoms with Crippen LogP contribution in [0.25, 0.3) is 0 Å². The topological polar surface area (TPSA) is 34.1 Å². The number of aryl methyl sites for hydroxylation is 1. The summed E-state index contributed by atoms with van der Waals surface area (Å²) in [5, 5.41) is 0. The number of hydrogen-bond donors (Lipinski definition) is 0. The van der Waals surface area contributed by atoms with Gasteiger partial charge in [-0.3, -0.25) is 0 Å². The minimum atomic E-state index is -3.63. The number of rotatable bonds is 4. The SMILES string of the molecule is CCCCc1cc(Br)ccc1S(=O)(=O)Cl. The molecule has 0 heterocycles. The first-order valence-corrected chi connectivity index (χ1v) is 7.78. The lowest BCUT2D eigenvalue weighted by molar-refractivity contribution is 0.608. The zero-order chi connectivity index (χ0) is 11.5. The summed E-state index contributed by atoms with van der Waals surface area (Å²) in [6, 6.07) is 5.03. The second-order valence-electron chi connectivity index (χ2n) is 3.29. The Balaban J connectivity index is 3.15. The summed E-state index contributed by atoms with van der Waals surface area (Å²) in [4.78, 5) is 0.223. The first kappa shape index (κ1) is 13.0. The molecule has 0 aliphatic carbocycles. The van der Waals surface area contributed by atoms with Crippen LogP contribution in [0.4, 0.5) is 0 Å². The molecule has 0 fully saturated rings. The van der Waals surface area contributed by atoms with E-state index in [1.165, 1.54) is 6.07 Å². The van der Waals surface area contributed by atoms with Crippen LogP contribution in [-0.2, 0) is 15.5 Å². The average molecular weight is 312 g/mol. The summed E-state index contributed by atoms with van der Waals surface area (Å²) >= 11 is 3.32. The normalized spacial score (nSPS) is 11.7. The highest BCUT2D eigenvalue weighted by molar-refractivity contribution is 9.10. The fourth-order valence-electron chi connectivity index (χ4n) is 1.35. The van der Waals surface area contributed by atoms with Crippen LogP contribution in [0.15, 0.2) is 27.6 Å². The highest BCUT2D eigenvalue weighted by atomic mass is 79.9. The van der Waals surface area contributed by atoms with Gasteiger partial charge in [0.15, 0.2) is 0 Å². The molecule has 5 heteroatoms. The molecule has 0 aliphatic heterocycles. The van der Waals surface area contributed by atoms with Gasteiger partial charge < -0.3 is 0 Å². The minimum absolute atomic E-state index is 0.223. The van der Waals surface area contributed by atoms with Gasteiger partial charge in [-0.1, -0.05) is 29.3 Å². The lowest BCUT2D eigenvalue weighted by Crippen LogP contribution is -1.98. The van der Waals surface area contributed by atoms with E-state index in [1.807, 2.05) is 6.07 Å². The third-order valence-electron chi connectivity index (χ3n) is 2.08. The van der Waals surface area contributed by atoms with Gasteiger partial charge in [0.1, 0.15) is 0 Å². The highest BCUT2D eigenvalue weighted by Crippen LogP contribution is 2.25. The van der Waals surface area contributed by atoms with E-state index in [-0.39, 0.29) is 4.90 Å². The molecule has 0 saturated heterocycles. The molecule has 1 aromatic rings. The van der Waals surface area contributed by atoms with E-state index in [2.05, 4.69) is 22.9 Å². The second-order valence-corrected chi connectivity index (χ2v) is 6.74.